The van der Waals surface area contributed by atoms with Gasteiger partial charge in [-0.25, -0.2) is 0 Å². The molecule has 15 heavy (non-hydrogen) atoms. The van der Waals surface area contributed by atoms with Crippen LogP contribution >= 0.6 is 0 Å². The fourth-order valence-corrected chi connectivity index (χ4v) is 1.35. The first-order valence-corrected chi connectivity index (χ1v) is 5.82. The second kappa shape index (κ2) is 8.49. The van der Waals surface area contributed by atoms with Crippen LogP contribution in [0.3, 0.4) is 0 Å². The van der Waals surface area contributed by atoms with Gasteiger partial charge in [0.2, 0.25) is 0 Å². The Morgan fingerprint density at radius 2 is 1.60 bits per heavy atom. The predicted molar refractivity (Wildman–Crippen MR) is 69.4 cm³/mol. The highest BCUT2D eigenvalue weighted by atomic mass is 15.1. The maximum atomic E-state index is 2.31. The zero-order valence-corrected chi connectivity index (χ0v) is 10.9. The number of hydrogen-bond acceptors (Lipinski definition) is 1. The number of hydrogen-bond donors (Lipinski definition) is 0. The van der Waals surface area contributed by atoms with Crippen LogP contribution in [0.4, 0.5) is 0 Å². The van der Waals surface area contributed by atoms with Crippen molar-refractivity contribution < 1.29 is 0 Å². The minimum Gasteiger partial charge on any atom is -0.307 e. The predicted octanol–water partition coefficient (Wildman–Crippen LogP) is 3.65. The summed E-state index contributed by atoms with van der Waals surface area (Å²) in [6, 6.07) is 8.45. The van der Waals surface area contributed by atoms with Crippen LogP contribution in [0.5, 0.6) is 0 Å². The molecular formula is C14H25N. The van der Waals surface area contributed by atoms with Crippen molar-refractivity contribution in [2.75, 3.05) is 20.1 Å². The molecule has 0 spiro atoms. The van der Waals surface area contributed by atoms with Gasteiger partial charge in [-0.05, 0) is 40.4 Å². The van der Waals surface area contributed by atoms with Gasteiger partial charge in [-0.15, -0.1) is 0 Å². The van der Waals surface area contributed by atoms with E-state index in [2.05, 4.69) is 63.9 Å². The number of benzene rings is 1. The lowest BCUT2D eigenvalue weighted by Crippen LogP contribution is -2.17. The molecule has 0 heterocycles. The Morgan fingerprint density at radius 1 is 1.07 bits per heavy atom. The van der Waals surface area contributed by atoms with Crippen molar-refractivity contribution in [1.82, 2.24) is 4.90 Å². The fraction of sp³-hybridized carbons (Fsp3) is 0.571. The van der Waals surface area contributed by atoms with E-state index in [-0.39, 0.29) is 0 Å². The lowest BCUT2D eigenvalue weighted by Gasteiger charge is -2.10. The molecule has 0 N–H and O–H groups in total. The smallest absolute Gasteiger partial charge is 0.00245 e. The maximum Gasteiger partial charge on any atom is -0.00245 e. The molecule has 86 valence electrons. The van der Waals surface area contributed by atoms with Crippen LogP contribution < -0.4 is 0 Å². The third-order valence-corrected chi connectivity index (χ3v) is 2.32. The summed E-state index contributed by atoms with van der Waals surface area (Å²) in [6.07, 6.45) is 1.27. The first kappa shape index (κ1) is 14.2. The summed E-state index contributed by atoms with van der Waals surface area (Å²) in [5.74, 6) is 0. The Hall–Kier alpha value is -0.820. The molecule has 0 saturated carbocycles. The molecule has 0 aliphatic rings. The van der Waals surface area contributed by atoms with Gasteiger partial charge >= 0.3 is 0 Å². The van der Waals surface area contributed by atoms with Crippen LogP contribution in [0.15, 0.2) is 24.3 Å². The molecule has 1 heteroatoms. The van der Waals surface area contributed by atoms with Crippen molar-refractivity contribution in [2.24, 2.45) is 0 Å². The normalized spacial score (nSPS) is 9.73. The van der Waals surface area contributed by atoms with Gasteiger partial charge in [0.25, 0.3) is 0 Å². The van der Waals surface area contributed by atoms with Crippen molar-refractivity contribution >= 4 is 0 Å². The van der Waals surface area contributed by atoms with Crippen LogP contribution in [-0.2, 0) is 0 Å². The summed E-state index contributed by atoms with van der Waals surface area (Å²) in [7, 11) is 2.14. The summed E-state index contributed by atoms with van der Waals surface area (Å²) >= 11 is 0. The highest BCUT2D eigenvalue weighted by Crippen LogP contribution is 2.00. The fourth-order valence-electron chi connectivity index (χ4n) is 1.35. The molecule has 1 rings (SSSR count). The second-order valence-electron chi connectivity index (χ2n) is 4.05. The maximum absolute atomic E-state index is 2.31. The molecule has 0 saturated heterocycles. The van der Waals surface area contributed by atoms with E-state index in [1.807, 2.05) is 0 Å². The highest BCUT2D eigenvalue weighted by Gasteiger charge is 1.86. The average molecular weight is 207 g/mol. The Balaban J connectivity index is 0.000000265. The van der Waals surface area contributed by atoms with Gasteiger partial charge in [-0.3, -0.25) is 0 Å². The van der Waals surface area contributed by atoms with Crippen molar-refractivity contribution in [3.63, 3.8) is 0 Å². The molecule has 0 aromatic heterocycles. The topological polar surface area (TPSA) is 3.24 Å². The lowest BCUT2D eigenvalue weighted by atomic mass is 10.2. The molecule has 0 fully saturated rings. The van der Waals surface area contributed by atoms with E-state index >= 15 is 0 Å². The van der Waals surface area contributed by atoms with Crippen LogP contribution in [0.1, 0.15) is 31.4 Å². The van der Waals surface area contributed by atoms with Gasteiger partial charge in [0.05, 0.1) is 0 Å². The Bertz CT molecular complexity index is 238. The zero-order chi connectivity index (χ0) is 11.7. The molecule has 1 nitrogen and oxygen atoms in total. The van der Waals surface area contributed by atoms with E-state index in [4.69, 9.17) is 0 Å². The highest BCUT2D eigenvalue weighted by molar-refractivity contribution is 5.20. The van der Waals surface area contributed by atoms with E-state index in [0.29, 0.717) is 0 Å². The molecular weight excluding hydrogens is 182 g/mol. The van der Waals surface area contributed by atoms with Gasteiger partial charge in [0, 0.05) is 0 Å². The lowest BCUT2D eigenvalue weighted by molar-refractivity contribution is 0.353. The molecule has 0 bridgehead atoms. The molecule has 0 amide bonds. The van der Waals surface area contributed by atoms with E-state index in [0.717, 1.165) is 0 Å². The van der Waals surface area contributed by atoms with E-state index in [1.54, 1.807) is 0 Å². The average Bonchev–Trinajstić information content (AvgIpc) is 2.18. The largest absolute Gasteiger partial charge is 0.307 e. The van der Waals surface area contributed by atoms with Crippen LogP contribution in [0, 0.1) is 13.8 Å². The number of aryl methyl sites for hydroxylation is 2. The van der Waals surface area contributed by atoms with Crippen LogP contribution in [0.2, 0.25) is 0 Å². The van der Waals surface area contributed by atoms with Gasteiger partial charge in [-0.2, -0.15) is 0 Å². The van der Waals surface area contributed by atoms with Crippen LogP contribution in [-0.4, -0.2) is 25.0 Å². The van der Waals surface area contributed by atoms with Crippen molar-refractivity contribution in [3.8, 4) is 0 Å². The number of nitrogens with zero attached hydrogens (tertiary/aromatic N) is 1. The Morgan fingerprint density at radius 3 is 1.80 bits per heavy atom. The standard InChI is InChI=1S/C8H10.C6H15N/c1-7-4-3-5-8(2)6-7;1-4-6-7(3)5-2/h3-6H,1-2H3;4-6H2,1-3H3. The monoisotopic (exact) mass is 207 g/mol. The first-order valence-electron chi connectivity index (χ1n) is 5.82. The minimum atomic E-state index is 1.17. The van der Waals surface area contributed by atoms with Gasteiger partial charge in [-0.1, -0.05) is 49.2 Å². The van der Waals surface area contributed by atoms with E-state index in [1.165, 1.54) is 30.6 Å². The second-order valence-corrected chi connectivity index (χ2v) is 4.05. The Labute approximate surface area is 95.1 Å². The SMILES string of the molecule is CCCN(C)CC.Cc1cccc(C)c1. The quantitative estimate of drug-likeness (QED) is 0.731. The molecule has 1 aromatic rings. The van der Waals surface area contributed by atoms with E-state index < -0.39 is 0 Å². The third-order valence-electron chi connectivity index (χ3n) is 2.32. The van der Waals surface area contributed by atoms with Crippen molar-refractivity contribution in [3.05, 3.63) is 35.4 Å². The number of rotatable bonds is 3. The van der Waals surface area contributed by atoms with Gasteiger partial charge in [0.1, 0.15) is 0 Å². The first-order chi connectivity index (χ1) is 7.10. The van der Waals surface area contributed by atoms with E-state index in [9.17, 15) is 0 Å². The summed E-state index contributed by atoms with van der Waals surface area (Å²) in [5, 5.41) is 0. The Kier molecular flexibility index (Phi) is 8.02. The third kappa shape index (κ3) is 8.19. The van der Waals surface area contributed by atoms with Crippen LogP contribution in [0.25, 0.3) is 0 Å². The molecule has 0 radical (unpaired) electrons. The van der Waals surface area contributed by atoms with Crippen molar-refractivity contribution in [1.29, 1.82) is 0 Å². The summed E-state index contributed by atoms with van der Waals surface area (Å²) in [5.41, 5.74) is 2.68. The minimum absolute atomic E-state index is 1.17. The van der Waals surface area contributed by atoms with Gasteiger partial charge in [0.15, 0.2) is 0 Å². The van der Waals surface area contributed by atoms with Crippen molar-refractivity contribution in [2.45, 2.75) is 34.1 Å². The molecule has 0 unspecified atom stereocenters. The summed E-state index contributed by atoms with van der Waals surface area (Å²) in [6.45, 7) is 11.0. The molecule has 0 aliphatic heterocycles. The molecule has 1 aromatic carbocycles. The van der Waals surface area contributed by atoms with Gasteiger partial charge < -0.3 is 4.90 Å². The molecule has 0 aliphatic carbocycles. The summed E-state index contributed by atoms with van der Waals surface area (Å²) in [4.78, 5) is 2.31. The summed E-state index contributed by atoms with van der Waals surface area (Å²) < 4.78 is 0. The zero-order valence-electron chi connectivity index (χ0n) is 10.9. The molecule has 0 atom stereocenters.